The van der Waals surface area contributed by atoms with Crippen molar-refractivity contribution < 1.29 is 31.1 Å². The second-order valence-corrected chi connectivity index (χ2v) is 6.07. The van der Waals surface area contributed by atoms with Gasteiger partial charge < -0.3 is 5.32 Å². The van der Waals surface area contributed by atoms with Crippen LogP contribution in [0.1, 0.15) is 16.7 Å². The van der Waals surface area contributed by atoms with Crippen LogP contribution in [0.25, 0.3) is 0 Å². The number of benzene rings is 1. The summed E-state index contributed by atoms with van der Waals surface area (Å²) < 4.78 is 77.0. The molecule has 1 amide bonds. The van der Waals surface area contributed by atoms with Crippen LogP contribution in [0.2, 0.25) is 0 Å². The third-order valence-electron chi connectivity index (χ3n) is 3.81. The van der Waals surface area contributed by atoms with Crippen LogP contribution in [-0.2, 0) is 23.7 Å². The summed E-state index contributed by atoms with van der Waals surface area (Å²) in [6.45, 7) is 0.464. The summed E-state index contributed by atoms with van der Waals surface area (Å²) in [5.41, 5.74) is -3.12. The normalized spacial score (nSPS) is 18.3. The molecule has 26 heavy (non-hydrogen) atoms. The number of hydrogen-bond acceptors (Lipinski definition) is 2. The van der Waals surface area contributed by atoms with Gasteiger partial charge in [-0.15, -0.1) is 11.6 Å². The topological polar surface area (TPSA) is 32.3 Å². The van der Waals surface area contributed by atoms with Gasteiger partial charge in [-0.1, -0.05) is 12.2 Å². The van der Waals surface area contributed by atoms with Crippen LogP contribution in [0, 0.1) is 0 Å². The Balaban J connectivity index is 2.16. The predicted molar refractivity (Wildman–Crippen MR) is 83.5 cm³/mol. The van der Waals surface area contributed by atoms with Crippen molar-refractivity contribution in [1.82, 2.24) is 10.2 Å². The molecule has 0 radical (unpaired) electrons. The lowest BCUT2D eigenvalue weighted by Gasteiger charge is -2.22. The quantitative estimate of drug-likeness (QED) is 0.463. The molecule has 10 heteroatoms. The van der Waals surface area contributed by atoms with Gasteiger partial charge in [-0.05, 0) is 23.8 Å². The Labute approximate surface area is 150 Å². The van der Waals surface area contributed by atoms with Crippen molar-refractivity contribution in [3.05, 3.63) is 47.0 Å². The van der Waals surface area contributed by atoms with Crippen LogP contribution >= 0.6 is 11.6 Å². The van der Waals surface area contributed by atoms with Crippen LogP contribution in [-0.4, -0.2) is 35.8 Å². The summed E-state index contributed by atoms with van der Waals surface area (Å²) in [7, 11) is 0. The highest BCUT2D eigenvalue weighted by Gasteiger charge is 2.37. The second-order valence-electron chi connectivity index (χ2n) is 5.69. The molecule has 1 aliphatic heterocycles. The van der Waals surface area contributed by atoms with Crippen LogP contribution in [0.5, 0.6) is 0 Å². The SMILES string of the molecule is O=C(NCc1cc(C(F)(F)F)cc(C(F)(F)F)c1)[C@@H]1C=CCN1CCCl. The largest absolute Gasteiger partial charge is 0.416 e. The minimum atomic E-state index is -4.93. The second kappa shape index (κ2) is 7.87. The smallest absolute Gasteiger partial charge is 0.350 e. The maximum absolute atomic E-state index is 12.8. The van der Waals surface area contributed by atoms with Gasteiger partial charge in [-0.3, -0.25) is 9.69 Å². The first-order chi connectivity index (χ1) is 12.0. The number of halogens is 7. The maximum atomic E-state index is 12.8. The van der Waals surface area contributed by atoms with E-state index >= 15 is 0 Å². The first kappa shape index (κ1) is 20.6. The molecule has 0 fully saturated rings. The molecule has 1 heterocycles. The van der Waals surface area contributed by atoms with E-state index in [1.807, 2.05) is 0 Å². The minimum Gasteiger partial charge on any atom is -0.350 e. The number of carbonyl (C=O) groups excluding carboxylic acids is 1. The molecular formula is C16H15ClF6N2O. The molecule has 0 saturated carbocycles. The van der Waals surface area contributed by atoms with E-state index in [2.05, 4.69) is 5.32 Å². The van der Waals surface area contributed by atoms with Crippen molar-refractivity contribution in [3.63, 3.8) is 0 Å². The number of amides is 1. The maximum Gasteiger partial charge on any atom is 0.416 e. The summed E-state index contributed by atoms with van der Waals surface area (Å²) >= 11 is 5.63. The van der Waals surface area contributed by atoms with E-state index in [9.17, 15) is 31.1 Å². The van der Waals surface area contributed by atoms with Crippen molar-refractivity contribution in [2.24, 2.45) is 0 Å². The lowest BCUT2D eigenvalue weighted by molar-refractivity contribution is -0.143. The first-order valence-corrected chi connectivity index (χ1v) is 8.08. The highest BCUT2D eigenvalue weighted by molar-refractivity contribution is 6.18. The molecule has 2 rings (SSSR count). The van der Waals surface area contributed by atoms with Crippen molar-refractivity contribution in [1.29, 1.82) is 0 Å². The van der Waals surface area contributed by atoms with Crippen molar-refractivity contribution >= 4 is 17.5 Å². The van der Waals surface area contributed by atoms with E-state index in [1.165, 1.54) is 0 Å². The van der Waals surface area contributed by atoms with Gasteiger partial charge >= 0.3 is 12.4 Å². The number of carbonyl (C=O) groups is 1. The summed E-state index contributed by atoms with van der Waals surface area (Å²) in [6, 6.07) is 0.585. The van der Waals surface area contributed by atoms with E-state index in [4.69, 9.17) is 11.6 Å². The Hall–Kier alpha value is -1.74. The lowest BCUT2D eigenvalue weighted by atomic mass is 10.0. The third kappa shape index (κ3) is 5.14. The van der Waals surface area contributed by atoms with Crippen LogP contribution in [0.4, 0.5) is 26.3 Å². The Bertz CT molecular complexity index is 654. The third-order valence-corrected chi connectivity index (χ3v) is 3.98. The predicted octanol–water partition coefficient (Wildman–Crippen LogP) is 3.82. The van der Waals surface area contributed by atoms with Crippen LogP contribution in [0.15, 0.2) is 30.4 Å². The van der Waals surface area contributed by atoms with Gasteiger partial charge in [-0.25, -0.2) is 0 Å². The van der Waals surface area contributed by atoms with Gasteiger partial charge in [0.05, 0.1) is 11.1 Å². The first-order valence-electron chi connectivity index (χ1n) is 7.55. The molecule has 1 aromatic carbocycles. The Kier molecular flexibility index (Phi) is 6.23. The van der Waals surface area contributed by atoms with Gasteiger partial charge in [0.2, 0.25) is 5.91 Å². The average molecular weight is 401 g/mol. The highest BCUT2D eigenvalue weighted by atomic mass is 35.5. The van der Waals surface area contributed by atoms with E-state index in [0.29, 0.717) is 25.2 Å². The van der Waals surface area contributed by atoms with E-state index < -0.39 is 42.0 Å². The molecule has 1 aliphatic rings. The number of nitrogens with one attached hydrogen (secondary N) is 1. The molecule has 3 nitrogen and oxygen atoms in total. The molecular weight excluding hydrogens is 386 g/mol. The monoisotopic (exact) mass is 400 g/mol. The molecule has 0 bridgehead atoms. The minimum absolute atomic E-state index is 0.0488. The number of alkyl halides is 7. The van der Waals surface area contributed by atoms with E-state index in [0.717, 1.165) is 0 Å². The number of rotatable bonds is 5. The zero-order chi connectivity index (χ0) is 19.5. The molecule has 0 aromatic heterocycles. The molecule has 1 N–H and O–H groups in total. The zero-order valence-electron chi connectivity index (χ0n) is 13.3. The fourth-order valence-corrected chi connectivity index (χ4v) is 2.78. The fourth-order valence-electron chi connectivity index (χ4n) is 2.57. The molecule has 1 atom stereocenters. The van der Waals surface area contributed by atoms with Crippen molar-refractivity contribution in [2.75, 3.05) is 19.0 Å². The molecule has 0 saturated heterocycles. The zero-order valence-corrected chi connectivity index (χ0v) is 14.0. The van der Waals surface area contributed by atoms with Gasteiger partial charge in [0, 0.05) is 25.5 Å². The van der Waals surface area contributed by atoms with Crippen molar-refractivity contribution in [3.8, 4) is 0 Å². The number of hydrogen-bond donors (Lipinski definition) is 1. The molecule has 144 valence electrons. The fraction of sp³-hybridized carbons (Fsp3) is 0.438. The van der Waals surface area contributed by atoms with Crippen LogP contribution < -0.4 is 5.32 Å². The highest BCUT2D eigenvalue weighted by Crippen LogP contribution is 2.36. The Morgan fingerprint density at radius 1 is 1.12 bits per heavy atom. The lowest BCUT2D eigenvalue weighted by Crippen LogP contribution is -2.43. The van der Waals surface area contributed by atoms with Gasteiger partial charge in [-0.2, -0.15) is 26.3 Å². The van der Waals surface area contributed by atoms with E-state index in [1.54, 1.807) is 17.1 Å². The number of nitrogens with zero attached hydrogens (tertiary/aromatic N) is 1. The molecule has 0 unspecified atom stereocenters. The molecule has 0 aliphatic carbocycles. The summed E-state index contributed by atoms with van der Waals surface area (Å²) in [5, 5.41) is 2.38. The Morgan fingerprint density at radius 2 is 1.69 bits per heavy atom. The van der Waals surface area contributed by atoms with Crippen molar-refractivity contribution in [2.45, 2.75) is 24.9 Å². The van der Waals surface area contributed by atoms with Crippen LogP contribution in [0.3, 0.4) is 0 Å². The summed E-state index contributed by atoms with van der Waals surface area (Å²) in [6.07, 6.45) is -6.51. The standard InChI is InChI=1S/C16H15ClF6N2O/c17-3-5-25-4-1-2-13(25)14(26)24-9-10-6-11(15(18,19)20)8-12(7-10)16(21,22)23/h1-2,6-8,13H,3-5,9H2,(H,24,26)/t13-/m0/s1. The average Bonchev–Trinajstić information content (AvgIpc) is 2.99. The van der Waals surface area contributed by atoms with Gasteiger partial charge in [0.1, 0.15) is 6.04 Å². The summed E-state index contributed by atoms with van der Waals surface area (Å²) in [4.78, 5) is 13.9. The van der Waals surface area contributed by atoms with E-state index in [-0.39, 0.29) is 17.5 Å². The molecule has 0 spiro atoms. The summed E-state index contributed by atoms with van der Waals surface area (Å²) in [5.74, 6) is -0.233. The van der Waals surface area contributed by atoms with Gasteiger partial charge in [0.15, 0.2) is 0 Å². The molecule has 1 aromatic rings. The Morgan fingerprint density at radius 3 is 2.19 bits per heavy atom. The van der Waals surface area contributed by atoms with Gasteiger partial charge in [0.25, 0.3) is 0 Å².